The van der Waals surface area contributed by atoms with Gasteiger partial charge in [-0.05, 0) is 69.5 Å². The first-order valence-corrected chi connectivity index (χ1v) is 9.60. The highest BCUT2D eigenvalue weighted by Crippen LogP contribution is 2.28. The van der Waals surface area contributed by atoms with Crippen molar-refractivity contribution in [2.45, 2.75) is 44.6 Å². The highest BCUT2D eigenvalue weighted by molar-refractivity contribution is 5.93. The maximum Gasteiger partial charge on any atom is 0.271 e. The molecule has 3 heterocycles. The van der Waals surface area contributed by atoms with Crippen molar-refractivity contribution in [3.63, 3.8) is 0 Å². The summed E-state index contributed by atoms with van der Waals surface area (Å²) in [5, 5.41) is 6.27. The molecule has 0 aliphatic carbocycles. The highest BCUT2D eigenvalue weighted by Gasteiger charge is 2.24. The van der Waals surface area contributed by atoms with Crippen LogP contribution >= 0.6 is 0 Å². The standard InChI is InChI=1S/C20H25FN4O2/c1-12-18(25-19(24-12)13-6-8-22-9-7-13)20(26)23-11-16-4-2-14-10-15(21)3-5-17(14)27-16/h3,5,10,13,16,22H,2,4,6-9,11H2,1H3,(H,23,26)(H,24,25). The van der Waals surface area contributed by atoms with Crippen LogP contribution in [-0.4, -0.2) is 41.6 Å². The van der Waals surface area contributed by atoms with E-state index in [2.05, 4.69) is 20.6 Å². The molecule has 1 saturated heterocycles. The minimum absolute atomic E-state index is 0.116. The number of imidazole rings is 1. The molecule has 2 aromatic rings. The number of piperidine rings is 1. The van der Waals surface area contributed by atoms with E-state index < -0.39 is 0 Å². The fourth-order valence-electron chi connectivity index (χ4n) is 3.84. The molecule has 1 atom stereocenters. The van der Waals surface area contributed by atoms with Crippen LogP contribution in [0.2, 0.25) is 0 Å². The number of ether oxygens (including phenoxy) is 1. The van der Waals surface area contributed by atoms with Gasteiger partial charge in [-0.2, -0.15) is 0 Å². The number of benzene rings is 1. The number of carbonyl (C=O) groups excluding carboxylic acids is 1. The minimum Gasteiger partial charge on any atom is -0.488 e. The molecule has 27 heavy (non-hydrogen) atoms. The number of fused-ring (bicyclic) bond motifs is 1. The number of aromatic nitrogens is 2. The van der Waals surface area contributed by atoms with Gasteiger partial charge in [0.2, 0.25) is 0 Å². The van der Waals surface area contributed by atoms with E-state index in [1.807, 2.05) is 6.92 Å². The van der Waals surface area contributed by atoms with E-state index in [4.69, 9.17) is 4.74 Å². The molecule has 2 aliphatic rings. The Kier molecular flexibility index (Phi) is 5.11. The molecule has 0 radical (unpaired) electrons. The molecule has 1 aromatic heterocycles. The van der Waals surface area contributed by atoms with E-state index in [1.165, 1.54) is 12.1 Å². The first-order valence-electron chi connectivity index (χ1n) is 9.60. The largest absolute Gasteiger partial charge is 0.488 e. The Morgan fingerprint density at radius 1 is 1.33 bits per heavy atom. The van der Waals surface area contributed by atoms with Gasteiger partial charge in [0.25, 0.3) is 5.91 Å². The monoisotopic (exact) mass is 372 g/mol. The van der Waals surface area contributed by atoms with Crippen LogP contribution in [0.1, 0.15) is 52.8 Å². The van der Waals surface area contributed by atoms with Gasteiger partial charge in [-0.3, -0.25) is 4.79 Å². The molecule has 0 spiro atoms. The molecule has 1 amide bonds. The minimum atomic E-state index is -0.248. The number of hydrogen-bond acceptors (Lipinski definition) is 4. The van der Waals surface area contributed by atoms with Gasteiger partial charge in [-0.15, -0.1) is 0 Å². The zero-order valence-corrected chi connectivity index (χ0v) is 15.5. The quantitative estimate of drug-likeness (QED) is 0.770. The first kappa shape index (κ1) is 18.0. The van der Waals surface area contributed by atoms with E-state index in [1.54, 1.807) is 6.07 Å². The van der Waals surface area contributed by atoms with Crippen molar-refractivity contribution in [2.24, 2.45) is 0 Å². The van der Waals surface area contributed by atoms with E-state index >= 15 is 0 Å². The summed E-state index contributed by atoms with van der Waals surface area (Å²) >= 11 is 0. The van der Waals surface area contributed by atoms with Crippen molar-refractivity contribution in [2.75, 3.05) is 19.6 Å². The molecule has 6 nitrogen and oxygen atoms in total. The molecule has 4 rings (SSSR count). The maximum atomic E-state index is 13.3. The van der Waals surface area contributed by atoms with Gasteiger partial charge in [-0.25, -0.2) is 9.37 Å². The molecule has 144 valence electrons. The number of H-pyrrole nitrogens is 1. The van der Waals surface area contributed by atoms with Crippen LogP contribution in [0.25, 0.3) is 0 Å². The molecule has 0 saturated carbocycles. The SMILES string of the molecule is Cc1[nH]c(C2CCNCC2)nc1C(=O)NCC1CCc2cc(F)ccc2O1. The van der Waals surface area contributed by atoms with Gasteiger partial charge in [0.15, 0.2) is 0 Å². The van der Waals surface area contributed by atoms with E-state index in [0.29, 0.717) is 23.9 Å². The third kappa shape index (κ3) is 3.98. The number of rotatable bonds is 4. The number of aromatic amines is 1. The zero-order valence-electron chi connectivity index (χ0n) is 15.5. The number of aryl methyl sites for hydroxylation is 2. The number of amides is 1. The number of nitrogens with zero attached hydrogens (tertiary/aromatic N) is 1. The Labute approximate surface area is 157 Å². The molecule has 1 aromatic carbocycles. The van der Waals surface area contributed by atoms with Crippen LogP contribution in [0.4, 0.5) is 4.39 Å². The summed E-state index contributed by atoms with van der Waals surface area (Å²) in [5.41, 5.74) is 2.14. The third-order valence-electron chi connectivity index (χ3n) is 5.39. The highest BCUT2D eigenvalue weighted by atomic mass is 19.1. The molecule has 2 aliphatic heterocycles. The Bertz CT molecular complexity index is 829. The average Bonchev–Trinajstić information content (AvgIpc) is 3.08. The lowest BCUT2D eigenvalue weighted by Crippen LogP contribution is -2.37. The van der Waals surface area contributed by atoms with Gasteiger partial charge < -0.3 is 20.4 Å². The summed E-state index contributed by atoms with van der Waals surface area (Å²) in [4.78, 5) is 20.4. The predicted octanol–water partition coefficient (Wildman–Crippen LogP) is 2.45. The first-order chi connectivity index (χ1) is 13.1. The lowest BCUT2D eigenvalue weighted by Gasteiger charge is -2.26. The van der Waals surface area contributed by atoms with Crippen LogP contribution in [0, 0.1) is 12.7 Å². The molecule has 1 unspecified atom stereocenters. The lowest BCUT2D eigenvalue weighted by atomic mass is 9.98. The maximum absolute atomic E-state index is 13.3. The van der Waals surface area contributed by atoms with E-state index in [0.717, 1.165) is 55.9 Å². The van der Waals surface area contributed by atoms with Crippen molar-refractivity contribution in [1.29, 1.82) is 0 Å². The van der Waals surface area contributed by atoms with Gasteiger partial charge in [0.05, 0.1) is 6.54 Å². The molecular weight excluding hydrogens is 347 g/mol. The molecular formula is C20H25FN4O2. The smallest absolute Gasteiger partial charge is 0.271 e. The second kappa shape index (κ2) is 7.68. The van der Waals surface area contributed by atoms with Gasteiger partial charge >= 0.3 is 0 Å². The predicted molar refractivity (Wildman–Crippen MR) is 99.6 cm³/mol. The number of hydrogen-bond donors (Lipinski definition) is 3. The Hall–Kier alpha value is -2.41. The summed E-state index contributed by atoms with van der Waals surface area (Å²) < 4.78 is 19.2. The number of halogens is 1. The van der Waals surface area contributed by atoms with Crippen molar-refractivity contribution < 1.29 is 13.9 Å². The van der Waals surface area contributed by atoms with Crippen molar-refractivity contribution in [1.82, 2.24) is 20.6 Å². The summed E-state index contributed by atoms with van der Waals surface area (Å²) in [6.45, 7) is 4.26. The fourth-order valence-corrected chi connectivity index (χ4v) is 3.84. The fraction of sp³-hybridized carbons (Fsp3) is 0.500. The molecule has 0 bridgehead atoms. The van der Waals surface area contributed by atoms with E-state index in [-0.39, 0.29) is 17.8 Å². The normalized spacial score (nSPS) is 20.0. The van der Waals surface area contributed by atoms with Crippen molar-refractivity contribution in [3.05, 3.63) is 46.8 Å². The van der Waals surface area contributed by atoms with Gasteiger partial charge in [-0.1, -0.05) is 0 Å². The van der Waals surface area contributed by atoms with Crippen LogP contribution in [0.3, 0.4) is 0 Å². The molecule has 3 N–H and O–H groups in total. The number of nitrogens with one attached hydrogen (secondary N) is 3. The Morgan fingerprint density at radius 3 is 2.96 bits per heavy atom. The summed E-state index contributed by atoms with van der Waals surface area (Å²) in [6, 6.07) is 4.57. The zero-order chi connectivity index (χ0) is 18.8. The van der Waals surface area contributed by atoms with Crippen LogP contribution in [-0.2, 0) is 6.42 Å². The van der Waals surface area contributed by atoms with Crippen LogP contribution in [0.5, 0.6) is 5.75 Å². The Morgan fingerprint density at radius 2 is 2.15 bits per heavy atom. The van der Waals surface area contributed by atoms with E-state index in [9.17, 15) is 9.18 Å². The van der Waals surface area contributed by atoms with Crippen LogP contribution < -0.4 is 15.4 Å². The average molecular weight is 372 g/mol. The Balaban J connectivity index is 1.36. The second-order valence-electron chi connectivity index (χ2n) is 7.36. The summed E-state index contributed by atoms with van der Waals surface area (Å²) in [5.74, 6) is 1.56. The van der Waals surface area contributed by atoms with Crippen LogP contribution in [0.15, 0.2) is 18.2 Å². The third-order valence-corrected chi connectivity index (χ3v) is 5.39. The van der Waals surface area contributed by atoms with Gasteiger partial charge in [0, 0.05) is 11.6 Å². The molecule has 1 fully saturated rings. The van der Waals surface area contributed by atoms with Crippen molar-refractivity contribution >= 4 is 5.91 Å². The summed E-state index contributed by atoms with van der Waals surface area (Å²) in [6.07, 6.45) is 3.44. The number of carbonyl (C=O) groups is 1. The van der Waals surface area contributed by atoms with Gasteiger partial charge in [0.1, 0.15) is 29.2 Å². The molecule has 7 heteroatoms. The van der Waals surface area contributed by atoms with Crippen molar-refractivity contribution in [3.8, 4) is 5.75 Å². The summed E-state index contributed by atoms with van der Waals surface area (Å²) in [7, 11) is 0. The lowest BCUT2D eigenvalue weighted by molar-refractivity contribution is 0.0913. The topological polar surface area (TPSA) is 79.0 Å². The second-order valence-corrected chi connectivity index (χ2v) is 7.36.